The second kappa shape index (κ2) is 9.26. The molecule has 0 saturated heterocycles. The maximum Gasteiger partial charge on any atom is 0.227 e. The van der Waals surface area contributed by atoms with Crippen LogP contribution in [-0.2, 0) is 6.42 Å². The lowest BCUT2D eigenvalue weighted by Gasteiger charge is -2.30. The van der Waals surface area contributed by atoms with Crippen LogP contribution in [0.25, 0.3) is 11.4 Å². The monoisotopic (exact) mass is 411 g/mol. The number of para-hydroxylation sites is 2. The van der Waals surface area contributed by atoms with E-state index in [9.17, 15) is 4.39 Å². The molecule has 2 aromatic carbocycles. The molecule has 0 radical (unpaired) electrons. The van der Waals surface area contributed by atoms with Crippen LogP contribution < -0.4 is 9.47 Å². The number of aryl methyl sites for hydroxylation is 2. The van der Waals surface area contributed by atoms with Crippen LogP contribution in [0.4, 0.5) is 4.39 Å². The minimum Gasteiger partial charge on any atom is -0.486 e. The first-order valence-corrected chi connectivity index (χ1v) is 10.3. The molecule has 7 heteroatoms. The zero-order valence-corrected chi connectivity index (χ0v) is 17.3. The molecule has 30 heavy (non-hydrogen) atoms. The van der Waals surface area contributed by atoms with Gasteiger partial charge in [-0.05, 0) is 50.2 Å². The maximum absolute atomic E-state index is 13.8. The molecular weight excluding hydrogens is 385 g/mol. The van der Waals surface area contributed by atoms with Gasteiger partial charge >= 0.3 is 0 Å². The average Bonchev–Trinajstić information content (AvgIpc) is 3.24. The Morgan fingerprint density at radius 2 is 2.00 bits per heavy atom. The minimum absolute atomic E-state index is 0.00582. The standard InChI is InChI=1S/C23H26FN3O3/c1-3-27(14-18-15-28-20-7-4-5-8-21(20)29-18)12-6-9-22-25-23(26-30-22)17-11-10-16(2)19(24)13-17/h4-5,7-8,10-11,13,18H,3,6,9,12,14-15H2,1-2H3. The van der Waals surface area contributed by atoms with Crippen molar-refractivity contribution in [2.24, 2.45) is 0 Å². The summed E-state index contributed by atoms with van der Waals surface area (Å²) in [5, 5.41) is 3.99. The molecular formula is C23H26FN3O3. The van der Waals surface area contributed by atoms with Gasteiger partial charge in [-0.2, -0.15) is 4.98 Å². The third-order valence-electron chi connectivity index (χ3n) is 5.24. The maximum atomic E-state index is 13.8. The molecule has 0 amide bonds. The predicted molar refractivity (Wildman–Crippen MR) is 111 cm³/mol. The van der Waals surface area contributed by atoms with Crippen LogP contribution >= 0.6 is 0 Å². The molecule has 1 aliphatic heterocycles. The van der Waals surface area contributed by atoms with Crippen molar-refractivity contribution < 1.29 is 18.4 Å². The fourth-order valence-electron chi connectivity index (χ4n) is 3.48. The molecule has 0 bridgehead atoms. The van der Waals surface area contributed by atoms with Crippen LogP contribution in [0.1, 0.15) is 24.8 Å². The highest BCUT2D eigenvalue weighted by Crippen LogP contribution is 2.31. The Morgan fingerprint density at radius 3 is 2.80 bits per heavy atom. The quantitative estimate of drug-likeness (QED) is 0.551. The van der Waals surface area contributed by atoms with E-state index in [2.05, 4.69) is 22.0 Å². The minimum atomic E-state index is -0.269. The number of hydrogen-bond acceptors (Lipinski definition) is 6. The van der Waals surface area contributed by atoms with Crippen molar-refractivity contribution >= 4 is 0 Å². The molecule has 3 aromatic rings. The molecule has 1 unspecified atom stereocenters. The molecule has 1 aliphatic rings. The fraction of sp³-hybridized carbons (Fsp3) is 0.391. The Bertz CT molecular complexity index is 991. The smallest absolute Gasteiger partial charge is 0.227 e. The number of hydrogen-bond donors (Lipinski definition) is 0. The van der Waals surface area contributed by atoms with E-state index < -0.39 is 0 Å². The van der Waals surface area contributed by atoms with Crippen molar-refractivity contribution in [3.63, 3.8) is 0 Å². The van der Waals surface area contributed by atoms with Gasteiger partial charge in [0.25, 0.3) is 0 Å². The van der Waals surface area contributed by atoms with Crippen molar-refractivity contribution in [3.05, 3.63) is 59.7 Å². The molecule has 6 nitrogen and oxygen atoms in total. The number of benzene rings is 2. The predicted octanol–water partition coefficient (Wildman–Crippen LogP) is 4.28. The van der Waals surface area contributed by atoms with Crippen molar-refractivity contribution in [1.29, 1.82) is 0 Å². The van der Waals surface area contributed by atoms with Gasteiger partial charge in [0.1, 0.15) is 18.5 Å². The van der Waals surface area contributed by atoms with E-state index in [-0.39, 0.29) is 11.9 Å². The highest BCUT2D eigenvalue weighted by atomic mass is 19.1. The van der Waals surface area contributed by atoms with E-state index in [0.717, 1.165) is 37.6 Å². The first kappa shape index (κ1) is 20.3. The van der Waals surface area contributed by atoms with Crippen LogP contribution in [0.3, 0.4) is 0 Å². The van der Waals surface area contributed by atoms with Crippen molar-refractivity contribution in [1.82, 2.24) is 15.0 Å². The number of likely N-dealkylation sites (N-methyl/N-ethyl adjacent to an activating group) is 1. The number of halogens is 1. The van der Waals surface area contributed by atoms with Crippen LogP contribution in [0.15, 0.2) is 47.0 Å². The van der Waals surface area contributed by atoms with Crippen molar-refractivity contribution in [2.45, 2.75) is 32.8 Å². The molecule has 4 rings (SSSR count). The summed E-state index contributed by atoms with van der Waals surface area (Å²) >= 11 is 0. The van der Waals surface area contributed by atoms with Gasteiger partial charge in [-0.1, -0.05) is 36.3 Å². The fourth-order valence-corrected chi connectivity index (χ4v) is 3.48. The second-order valence-electron chi connectivity index (χ2n) is 7.47. The van der Waals surface area contributed by atoms with Gasteiger partial charge in [0.2, 0.25) is 11.7 Å². The topological polar surface area (TPSA) is 60.6 Å². The van der Waals surface area contributed by atoms with E-state index in [4.69, 9.17) is 14.0 Å². The van der Waals surface area contributed by atoms with E-state index in [1.165, 1.54) is 6.07 Å². The number of ether oxygens (including phenoxy) is 2. The Labute approximate surface area is 175 Å². The molecule has 0 fully saturated rings. The van der Waals surface area contributed by atoms with Gasteiger partial charge in [-0.3, -0.25) is 4.90 Å². The van der Waals surface area contributed by atoms with Crippen LogP contribution in [0.2, 0.25) is 0 Å². The molecule has 0 N–H and O–H groups in total. The van der Waals surface area contributed by atoms with E-state index >= 15 is 0 Å². The van der Waals surface area contributed by atoms with Gasteiger partial charge in [0, 0.05) is 18.5 Å². The van der Waals surface area contributed by atoms with Crippen molar-refractivity contribution in [3.8, 4) is 22.9 Å². The summed E-state index contributed by atoms with van der Waals surface area (Å²) in [6.45, 7) is 7.00. The second-order valence-corrected chi connectivity index (χ2v) is 7.47. The van der Waals surface area contributed by atoms with E-state index in [1.54, 1.807) is 19.1 Å². The van der Waals surface area contributed by atoms with Gasteiger partial charge in [-0.15, -0.1) is 0 Å². The van der Waals surface area contributed by atoms with Gasteiger partial charge < -0.3 is 14.0 Å². The summed E-state index contributed by atoms with van der Waals surface area (Å²) in [7, 11) is 0. The van der Waals surface area contributed by atoms with Gasteiger partial charge in [0.15, 0.2) is 11.5 Å². The molecule has 1 aromatic heterocycles. The average molecular weight is 411 g/mol. The van der Waals surface area contributed by atoms with E-state index in [0.29, 0.717) is 35.9 Å². The Hall–Kier alpha value is -2.93. The SMILES string of the molecule is CCN(CCCc1nc(-c2ccc(C)c(F)c2)no1)CC1COc2ccccc2O1. The summed E-state index contributed by atoms with van der Waals surface area (Å²) in [6, 6.07) is 12.7. The van der Waals surface area contributed by atoms with E-state index in [1.807, 2.05) is 24.3 Å². The zero-order valence-electron chi connectivity index (χ0n) is 17.3. The summed E-state index contributed by atoms with van der Waals surface area (Å²) in [6.07, 6.45) is 1.55. The third kappa shape index (κ3) is 4.79. The number of aromatic nitrogens is 2. The summed E-state index contributed by atoms with van der Waals surface area (Å²) in [4.78, 5) is 6.73. The van der Waals surface area contributed by atoms with Crippen molar-refractivity contribution in [2.75, 3.05) is 26.2 Å². The van der Waals surface area contributed by atoms with Gasteiger partial charge in [0.05, 0.1) is 0 Å². The third-order valence-corrected chi connectivity index (χ3v) is 5.24. The molecule has 0 aliphatic carbocycles. The van der Waals surface area contributed by atoms with Crippen LogP contribution in [0, 0.1) is 12.7 Å². The summed E-state index contributed by atoms with van der Waals surface area (Å²) < 4.78 is 31.0. The number of rotatable bonds is 8. The molecule has 0 saturated carbocycles. The lowest BCUT2D eigenvalue weighted by Crippen LogP contribution is -2.41. The first-order chi connectivity index (χ1) is 14.6. The first-order valence-electron chi connectivity index (χ1n) is 10.3. The van der Waals surface area contributed by atoms with Crippen LogP contribution in [0.5, 0.6) is 11.5 Å². The Morgan fingerprint density at radius 1 is 1.17 bits per heavy atom. The summed E-state index contributed by atoms with van der Waals surface area (Å²) in [5.74, 6) is 2.32. The Balaban J connectivity index is 1.27. The molecule has 0 spiro atoms. The Kier molecular flexibility index (Phi) is 6.28. The highest BCUT2D eigenvalue weighted by Gasteiger charge is 2.22. The largest absolute Gasteiger partial charge is 0.486 e. The number of nitrogens with zero attached hydrogens (tertiary/aromatic N) is 3. The van der Waals surface area contributed by atoms with Crippen LogP contribution in [-0.4, -0.2) is 47.4 Å². The lowest BCUT2D eigenvalue weighted by molar-refractivity contribution is 0.0596. The summed E-state index contributed by atoms with van der Waals surface area (Å²) in [5.41, 5.74) is 1.22. The molecule has 2 heterocycles. The molecule has 1 atom stereocenters. The van der Waals surface area contributed by atoms with Gasteiger partial charge in [-0.25, -0.2) is 4.39 Å². The molecule has 158 valence electrons. The number of fused-ring (bicyclic) bond motifs is 1. The highest BCUT2D eigenvalue weighted by molar-refractivity contribution is 5.54. The normalized spacial score (nSPS) is 15.5. The zero-order chi connectivity index (χ0) is 20.9. The lowest BCUT2D eigenvalue weighted by atomic mass is 10.1.